The summed E-state index contributed by atoms with van der Waals surface area (Å²) in [6.45, 7) is 1.93. The highest BCUT2D eigenvalue weighted by Crippen LogP contribution is 2.28. The lowest BCUT2D eigenvalue weighted by Crippen LogP contribution is -2.35. The molecule has 1 fully saturated rings. The maximum Gasteiger partial charge on any atom is 0.242 e. The third kappa shape index (κ3) is 4.11. The Morgan fingerprint density at radius 3 is 3.12 bits per heavy atom. The molecule has 0 bridgehead atoms. The molecule has 1 atom stereocenters. The van der Waals surface area contributed by atoms with Gasteiger partial charge in [0.1, 0.15) is 6.04 Å². The summed E-state index contributed by atoms with van der Waals surface area (Å²) in [6.07, 6.45) is 2.57. The second kappa shape index (κ2) is 6.14. The Kier molecular flexibility index (Phi) is 4.53. The highest BCUT2D eigenvalue weighted by Gasteiger charge is 2.21. The van der Waals surface area contributed by atoms with Gasteiger partial charge in [-0.25, -0.2) is 0 Å². The fourth-order valence-electron chi connectivity index (χ4n) is 1.49. The first-order valence-electron chi connectivity index (χ1n) is 5.92. The number of hydrogen-bond donors (Lipinski definition) is 2. The van der Waals surface area contributed by atoms with Crippen LogP contribution in [0, 0.1) is 5.92 Å². The predicted molar refractivity (Wildman–Crippen MR) is 67.8 cm³/mol. The quantitative estimate of drug-likeness (QED) is 0.721. The molecule has 94 valence electrons. The molecule has 0 saturated heterocycles. The van der Waals surface area contributed by atoms with Gasteiger partial charge >= 0.3 is 0 Å². The van der Waals surface area contributed by atoms with Crippen LogP contribution >= 0.6 is 11.3 Å². The van der Waals surface area contributed by atoms with Crippen LogP contribution in [0.1, 0.15) is 23.8 Å². The maximum absolute atomic E-state index is 11.7. The topological polar surface area (TPSA) is 64.4 Å². The average molecular weight is 254 g/mol. The number of ether oxygens (including phenoxy) is 1. The zero-order valence-corrected chi connectivity index (χ0v) is 10.5. The van der Waals surface area contributed by atoms with Crippen molar-refractivity contribution in [1.29, 1.82) is 0 Å². The van der Waals surface area contributed by atoms with Crippen molar-refractivity contribution >= 4 is 17.2 Å². The van der Waals surface area contributed by atoms with Crippen molar-refractivity contribution in [3.05, 3.63) is 22.4 Å². The number of rotatable bonds is 7. The van der Waals surface area contributed by atoms with Gasteiger partial charge in [-0.2, -0.15) is 0 Å². The Morgan fingerprint density at radius 2 is 2.47 bits per heavy atom. The van der Waals surface area contributed by atoms with E-state index in [1.165, 1.54) is 24.2 Å². The molecule has 1 aromatic heterocycles. The summed E-state index contributed by atoms with van der Waals surface area (Å²) in [5.74, 6) is 0.626. The predicted octanol–water partition coefficient (Wildman–Crippen LogP) is 1.29. The van der Waals surface area contributed by atoms with Crippen molar-refractivity contribution in [2.75, 3.05) is 19.8 Å². The van der Waals surface area contributed by atoms with Crippen LogP contribution in [-0.4, -0.2) is 25.7 Å². The lowest BCUT2D eigenvalue weighted by atomic mass is 10.2. The van der Waals surface area contributed by atoms with E-state index in [2.05, 4.69) is 5.32 Å². The minimum Gasteiger partial charge on any atom is -0.379 e. The lowest BCUT2D eigenvalue weighted by molar-refractivity contribution is -0.122. The number of nitrogens with two attached hydrogens (primary N) is 1. The van der Waals surface area contributed by atoms with E-state index >= 15 is 0 Å². The molecule has 1 saturated carbocycles. The van der Waals surface area contributed by atoms with Crippen LogP contribution in [0.4, 0.5) is 0 Å². The molecule has 3 N–H and O–H groups in total. The van der Waals surface area contributed by atoms with Crippen LogP contribution in [-0.2, 0) is 9.53 Å². The second-order valence-electron chi connectivity index (χ2n) is 4.30. The van der Waals surface area contributed by atoms with Gasteiger partial charge in [0.15, 0.2) is 0 Å². The normalized spacial score (nSPS) is 16.8. The number of amides is 1. The average Bonchev–Trinajstić information content (AvgIpc) is 2.99. The van der Waals surface area contributed by atoms with E-state index in [-0.39, 0.29) is 5.91 Å². The molecule has 1 aliphatic carbocycles. The Labute approximate surface area is 105 Å². The SMILES string of the molecule is NC(C(=O)NCCOCC1CC1)c1cccs1. The second-order valence-corrected chi connectivity index (χ2v) is 5.28. The fraction of sp³-hybridized carbons (Fsp3) is 0.583. The molecule has 0 aromatic carbocycles. The molecule has 4 nitrogen and oxygen atoms in total. The molecular weight excluding hydrogens is 236 g/mol. The van der Waals surface area contributed by atoms with Gasteiger partial charge in [0, 0.05) is 18.0 Å². The summed E-state index contributed by atoms with van der Waals surface area (Å²) >= 11 is 1.50. The first-order chi connectivity index (χ1) is 8.27. The van der Waals surface area contributed by atoms with E-state index in [1.807, 2.05) is 17.5 Å². The Morgan fingerprint density at radius 1 is 1.65 bits per heavy atom. The summed E-state index contributed by atoms with van der Waals surface area (Å²) in [4.78, 5) is 12.6. The van der Waals surface area contributed by atoms with Crippen molar-refractivity contribution in [3.8, 4) is 0 Å². The van der Waals surface area contributed by atoms with Gasteiger partial charge in [0.2, 0.25) is 5.91 Å². The smallest absolute Gasteiger partial charge is 0.242 e. The summed E-state index contributed by atoms with van der Waals surface area (Å²) in [5.41, 5.74) is 5.81. The van der Waals surface area contributed by atoms with Gasteiger partial charge in [-0.15, -0.1) is 11.3 Å². The Bertz CT molecular complexity index is 349. The molecule has 2 rings (SSSR count). The molecular formula is C12H18N2O2S. The van der Waals surface area contributed by atoms with E-state index in [4.69, 9.17) is 10.5 Å². The lowest BCUT2D eigenvalue weighted by Gasteiger charge is -2.10. The van der Waals surface area contributed by atoms with Crippen LogP contribution in [0.5, 0.6) is 0 Å². The van der Waals surface area contributed by atoms with Gasteiger partial charge < -0.3 is 15.8 Å². The largest absolute Gasteiger partial charge is 0.379 e. The molecule has 0 spiro atoms. The van der Waals surface area contributed by atoms with Crippen LogP contribution in [0.25, 0.3) is 0 Å². The third-order valence-electron chi connectivity index (χ3n) is 2.73. The third-order valence-corrected chi connectivity index (χ3v) is 3.68. The van der Waals surface area contributed by atoms with Crippen LogP contribution in [0.3, 0.4) is 0 Å². The molecule has 1 amide bonds. The van der Waals surface area contributed by atoms with E-state index in [0.29, 0.717) is 13.2 Å². The van der Waals surface area contributed by atoms with Gasteiger partial charge in [-0.1, -0.05) is 6.07 Å². The summed E-state index contributed by atoms with van der Waals surface area (Å²) < 4.78 is 5.43. The number of nitrogens with one attached hydrogen (secondary N) is 1. The van der Waals surface area contributed by atoms with Gasteiger partial charge in [0.25, 0.3) is 0 Å². The minimum absolute atomic E-state index is 0.137. The van der Waals surface area contributed by atoms with Gasteiger partial charge in [-0.05, 0) is 30.2 Å². The van der Waals surface area contributed by atoms with Crippen LogP contribution in [0.2, 0.25) is 0 Å². The molecule has 1 aliphatic rings. The Balaban J connectivity index is 1.59. The first-order valence-corrected chi connectivity index (χ1v) is 6.80. The number of carbonyl (C=O) groups is 1. The van der Waals surface area contributed by atoms with Gasteiger partial charge in [-0.3, -0.25) is 4.79 Å². The number of carbonyl (C=O) groups excluding carboxylic acids is 1. The summed E-state index contributed by atoms with van der Waals surface area (Å²) in [5, 5.41) is 4.70. The van der Waals surface area contributed by atoms with Crippen LogP contribution in [0.15, 0.2) is 17.5 Å². The zero-order chi connectivity index (χ0) is 12.1. The standard InChI is InChI=1S/C12H18N2O2S/c13-11(10-2-1-7-17-10)12(15)14-5-6-16-8-9-3-4-9/h1-2,7,9,11H,3-6,8,13H2,(H,14,15). The molecule has 0 aliphatic heterocycles. The van der Waals surface area contributed by atoms with E-state index in [1.54, 1.807) is 0 Å². The summed E-state index contributed by atoms with van der Waals surface area (Å²) in [6, 6.07) is 3.21. The molecule has 1 aromatic rings. The van der Waals surface area contributed by atoms with Crippen LogP contribution < -0.4 is 11.1 Å². The van der Waals surface area contributed by atoms with Crippen molar-refractivity contribution < 1.29 is 9.53 Å². The van der Waals surface area contributed by atoms with E-state index in [0.717, 1.165) is 17.4 Å². The highest BCUT2D eigenvalue weighted by atomic mass is 32.1. The van der Waals surface area contributed by atoms with Crippen molar-refractivity contribution in [3.63, 3.8) is 0 Å². The van der Waals surface area contributed by atoms with Crippen molar-refractivity contribution in [1.82, 2.24) is 5.32 Å². The van der Waals surface area contributed by atoms with Gasteiger partial charge in [0.05, 0.1) is 6.61 Å². The summed E-state index contributed by atoms with van der Waals surface area (Å²) in [7, 11) is 0. The molecule has 1 unspecified atom stereocenters. The molecule has 5 heteroatoms. The monoisotopic (exact) mass is 254 g/mol. The molecule has 1 heterocycles. The molecule has 17 heavy (non-hydrogen) atoms. The Hall–Kier alpha value is -0.910. The van der Waals surface area contributed by atoms with Crippen molar-refractivity contribution in [2.45, 2.75) is 18.9 Å². The first kappa shape index (κ1) is 12.5. The number of hydrogen-bond acceptors (Lipinski definition) is 4. The minimum atomic E-state index is -0.557. The maximum atomic E-state index is 11.7. The van der Waals surface area contributed by atoms with E-state index in [9.17, 15) is 4.79 Å². The highest BCUT2D eigenvalue weighted by molar-refractivity contribution is 7.10. The number of thiophene rings is 1. The molecule has 0 radical (unpaired) electrons. The fourth-order valence-corrected chi connectivity index (χ4v) is 2.21. The zero-order valence-electron chi connectivity index (χ0n) is 9.72. The van der Waals surface area contributed by atoms with E-state index < -0.39 is 6.04 Å². The van der Waals surface area contributed by atoms with Crippen molar-refractivity contribution in [2.24, 2.45) is 11.7 Å².